The van der Waals surface area contributed by atoms with Gasteiger partial charge in [0.1, 0.15) is 17.7 Å². The zero-order valence-electron chi connectivity index (χ0n) is 13.7. The lowest BCUT2D eigenvalue weighted by molar-refractivity contribution is -0.393. The molecule has 0 spiro atoms. The first kappa shape index (κ1) is 17.5. The van der Waals surface area contributed by atoms with Crippen molar-refractivity contribution >= 4 is 22.4 Å². The summed E-state index contributed by atoms with van der Waals surface area (Å²) in [5.41, 5.74) is -2.74. The highest BCUT2D eigenvalue weighted by atomic mass is 19.4. The molecular weight excluding hydrogens is 373 g/mol. The van der Waals surface area contributed by atoms with Crippen molar-refractivity contribution in [3.63, 3.8) is 0 Å². The quantitative estimate of drug-likeness (QED) is 0.626. The Morgan fingerprint density at radius 3 is 2.37 bits per heavy atom. The second-order valence-electron chi connectivity index (χ2n) is 6.90. The number of fused-ring (bicyclic) bond motifs is 3. The van der Waals surface area contributed by atoms with E-state index in [2.05, 4.69) is 4.98 Å². The van der Waals surface area contributed by atoms with Crippen molar-refractivity contribution in [2.45, 2.75) is 38.0 Å². The number of H-pyrrole nitrogens is 1. The van der Waals surface area contributed by atoms with Crippen LogP contribution >= 0.6 is 0 Å². The van der Waals surface area contributed by atoms with Gasteiger partial charge in [0.05, 0.1) is 9.85 Å². The van der Waals surface area contributed by atoms with E-state index in [1.54, 1.807) is 0 Å². The summed E-state index contributed by atoms with van der Waals surface area (Å²) in [5, 5.41) is 22.6. The monoisotopic (exact) mass is 386 g/mol. The van der Waals surface area contributed by atoms with Crippen molar-refractivity contribution in [2.24, 2.45) is 11.8 Å². The molecular formula is C15H13F3N4O5. The fraction of sp³-hybridized carbons (Fsp3) is 0.533. The van der Waals surface area contributed by atoms with E-state index in [1.165, 1.54) is 0 Å². The minimum absolute atomic E-state index is 0.171. The van der Waals surface area contributed by atoms with E-state index in [-0.39, 0.29) is 12.0 Å². The Hall–Kier alpha value is -2.92. The van der Waals surface area contributed by atoms with E-state index in [0.717, 1.165) is 19.3 Å². The number of imidazole rings is 1. The van der Waals surface area contributed by atoms with Gasteiger partial charge in [-0.1, -0.05) is 0 Å². The summed E-state index contributed by atoms with van der Waals surface area (Å²) in [7, 11) is 0. The minimum atomic E-state index is -4.90. The molecule has 27 heavy (non-hydrogen) atoms. The summed E-state index contributed by atoms with van der Waals surface area (Å²) in [6.07, 6.45) is -1.79. The lowest BCUT2D eigenvalue weighted by Crippen LogP contribution is -2.24. The van der Waals surface area contributed by atoms with Crippen LogP contribution in [0, 0.1) is 32.1 Å². The molecule has 3 atom stereocenters. The Labute approximate surface area is 148 Å². The van der Waals surface area contributed by atoms with Crippen LogP contribution in [0.3, 0.4) is 0 Å². The number of ether oxygens (including phenoxy) is 1. The highest BCUT2D eigenvalue weighted by Gasteiger charge is 2.43. The van der Waals surface area contributed by atoms with Crippen LogP contribution in [0.1, 0.15) is 31.5 Å². The molecule has 0 saturated heterocycles. The number of alkyl halides is 3. The first-order valence-corrected chi connectivity index (χ1v) is 8.24. The van der Waals surface area contributed by atoms with Crippen LogP contribution < -0.4 is 4.74 Å². The van der Waals surface area contributed by atoms with E-state index in [4.69, 9.17) is 4.74 Å². The molecule has 0 aliphatic heterocycles. The number of hydrogen-bond acceptors (Lipinski definition) is 6. The second kappa shape index (κ2) is 5.79. The maximum atomic E-state index is 13.0. The van der Waals surface area contributed by atoms with Gasteiger partial charge in [-0.05, 0) is 37.5 Å². The van der Waals surface area contributed by atoms with Crippen LogP contribution in [-0.4, -0.2) is 25.9 Å². The molecule has 2 fully saturated rings. The van der Waals surface area contributed by atoms with Gasteiger partial charge < -0.3 is 9.72 Å². The average Bonchev–Trinajstić information content (AvgIpc) is 3.28. The van der Waals surface area contributed by atoms with Crippen molar-refractivity contribution in [3.05, 3.63) is 32.1 Å². The standard InChI is InChI=1S/C15H13F3N4O5/c16-15(17,18)14-19-11-8(21(23)24)5-9(22(25)26)13(12(11)20-14)27-10-4-6-1-2-7(10)3-6/h5-7,10H,1-4H2,(H,19,20). The number of rotatable bonds is 4. The summed E-state index contributed by atoms with van der Waals surface area (Å²) in [6, 6.07) is 0.603. The number of benzene rings is 1. The Morgan fingerprint density at radius 2 is 1.85 bits per heavy atom. The lowest BCUT2D eigenvalue weighted by atomic mass is 9.97. The van der Waals surface area contributed by atoms with Crippen LogP contribution in [0.2, 0.25) is 0 Å². The Balaban J connectivity index is 1.90. The molecule has 1 N–H and O–H groups in total. The van der Waals surface area contributed by atoms with Crippen LogP contribution in [0.4, 0.5) is 24.5 Å². The maximum absolute atomic E-state index is 13.0. The van der Waals surface area contributed by atoms with Crippen molar-refractivity contribution in [1.29, 1.82) is 0 Å². The lowest BCUT2D eigenvalue weighted by Gasteiger charge is -2.23. The Kier molecular flexibility index (Phi) is 3.75. The van der Waals surface area contributed by atoms with Gasteiger partial charge in [-0.25, -0.2) is 4.98 Å². The van der Waals surface area contributed by atoms with Gasteiger partial charge in [0, 0.05) is 0 Å². The number of halogens is 3. The minimum Gasteiger partial charge on any atom is -0.482 e. The van der Waals surface area contributed by atoms with Crippen molar-refractivity contribution < 1.29 is 27.8 Å². The van der Waals surface area contributed by atoms with E-state index in [1.807, 2.05) is 4.98 Å². The molecule has 3 unspecified atom stereocenters. The van der Waals surface area contributed by atoms with Gasteiger partial charge in [0.15, 0.2) is 5.52 Å². The number of nitrogens with zero attached hydrogens (tertiary/aromatic N) is 3. The van der Waals surface area contributed by atoms with Crippen LogP contribution in [0.25, 0.3) is 11.0 Å². The molecule has 144 valence electrons. The Bertz CT molecular complexity index is 957. The molecule has 0 radical (unpaired) electrons. The molecule has 2 aliphatic carbocycles. The molecule has 2 saturated carbocycles. The molecule has 0 amide bonds. The van der Waals surface area contributed by atoms with Crippen LogP contribution in [0.5, 0.6) is 5.75 Å². The topological polar surface area (TPSA) is 124 Å². The van der Waals surface area contributed by atoms with Gasteiger partial charge >= 0.3 is 17.6 Å². The van der Waals surface area contributed by atoms with Crippen LogP contribution in [0.15, 0.2) is 6.07 Å². The fourth-order valence-electron chi connectivity index (χ4n) is 4.12. The molecule has 1 aromatic heterocycles. The number of hydrogen-bond donors (Lipinski definition) is 1. The molecule has 12 heteroatoms. The Morgan fingerprint density at radius 1 is 1.15 bits per heavy atom. The van der Waals surface area contributed by atoms with Gasteiger partial charge in [0.25, 0.3) is 0 Å². The summed E-state index contributed by atoms with van der Waals surface area (Å²) in [5.74, 6) is -1.30. The average molecular weight is 386 g/mol. The molecule has 1 heterocycles. The van der Waals surface area contributed by atoms with Gasteiger partial charge in [-0.15, -0.1) is 0 Å². The number of aromatic amines is 1. The number of aromatic nitrogens is 2. The van der Waals surface area contributed by atoms with Gasteiger partial charge in [0.2, 0.25) is 11.6 Å². The number of non-ortho nitro benzene ring substituents is 1. The SMILES string of the molecule is O=[N+]([O-])c1cc([N+](=O)[O-])c2nc(C(F)(F)F)[nH]c2c1OC1CC2CCC1C2. The van der Waals surface area contributed by atoms with Crippen molar-refractivity contribution in [3.8, 4) is 5.75 Å². The summed E-state index contributed by atoms with van der Waals surface area (Å²) >= 11 is 0. The predicted molar refractivity (Wildman–Crippen MR) is 84.3 cm³/mol. The van der Waals surface area contributed by atoms with Crippen molar-refractivity contribution in [2.75, 3.05) is 0 Å². The highest BCUT2D eigenvalue weighted by Crippen LogP contribution is 2.49. The van der Waals surface area contributed by atoms with E-state index in [0.29, 0.717) is 18.4 Å². The third-order valence-electron chi connectivity index (χ3n) is 5.28. The maximum Gasteiger partial charge on any atom is 0.449 e. The van der Waals surface area contributed by atoms with Gasteiger partial charge in [-0.3, -0.25) is 20.2 Å². The molecule has 2 bridgehead atoms. The highest BCUT2D eigenvalue weighted by molar-refractivity contribution is 5.93. The summed E-state index contributed by atoms with van der Waals surface area (Å²) in [6.45, 7) is 0. The largest absolute Gasteiger partial charge is 0.482 e. The zero-order chi connectivity index (χ0) is 19.5. The third-order valence-corrected chi connectivity index (χ3v) is 5.28. The zero-order valence-corrected chi connectivity index (χ0v) is 13.7. The number of nitrogens with one attached hydrogen (secondary N) is 1. The summed E-state index contributed by atoms with van der Waals surface area (Å²) in [4.78, 5) is 25.9. The predicted octanol–water partition coefficient (Wildman–Crippen LogP) is 3.97. The number of nitro groups is 2. The molecule has 2 aromatic rings. The number of nitro benzene ring substituents is 2. The van der Waals surface area contributed by atoms with E-state index < -0.39 is 50.0 Å². The molecule has 1 aromatic carbocycles. The normalized spacial score (nSPS) is 24.5. The summed E-state index contributed by atoms with van der Waals surface area (Å²) < 4.78 is 44.9. The van der Waals surface area contributed by atoms with E-state index in [9.17, 15) is 33.4 Å². The smallest absolute Gasteiger partial charge is 0.449 e. The van der Waals surface area contributed by atoms with E-state index >= 15 is 0 Å². The first-order valence-electron chi connectivity index (χ1n) is 8.24. The molecule has 4 rings (SSSR count). The molecule has 2 aliphatic rings. The first-order chi connectivity index (χ1) is 12.6. The fourth-order valence-corrected chi connectivity index (χ4v) is 4.12. The third kappa shape index (κ3) is 2.84. The van der Waals surface area contributed by atoms with Crippen molar-refractivity contribution in [1.82, 2.24) is 9.97 Å². The second-order valence-corrected chi connectivity index (χ2v) is 6.90. The van der Waals surface area contributed by atoms with Crippen LogP contribution in [-0.2, 0) is 6.18 Å². The molecule has 9 nitrogen and oxygen atoms in total. The van der Waals surface area contributed by atoms with Gasteiger partial charge in [-0.2, -0.15) is 13.2 Å².